The number of aliphatic carboxylic acids is 1. The van der Waals surface area contributed by atoms with Crippen molar-refractivity contribution in [1.82, 2.24) is 9.88 Å². The van der Waals surface area contributed by atoms with Gasteiger partial charge in [0, 0.05) is 16.6 Å². The minimum atomic E-state index is -1.17. The summed E-state index contributed by atoms with van der Waals surface area (Å²) >= 11 is 0. The fourth-order valence-corrected chi connectivity index (χ4v) is 3.22. The van der Waals surface area contributed by atoms with Gasteiger partial charge in [0.15, 0.2) is 0 Å². The van der Waals surface area contributed by atoms with Crippen molar-refractivity contribution in [3.05, 3.63) is 65.1 Å². The highest BCUT2D eigenvalue weighted by Gasteiger charge is 2.23. The highest BCUT2D eigenvalue weighted by Crippen LogP contribution is 2.30. The molecule has 8 heteroatoms. The van der Waals surface area contributed by atoms with Gasteiger partial charge in [-0.15, -0.1) is 0 Å². The van der Waals surface area contributed by atoms with Gasteiger partial charge in [-0.05, 0) is 55.8 Å². The topological polar surface area (TPSA) is 109 Å². The molecule has 0 aliphatic heterocycles. The van der Waals surface area contributed by atoms with Crippen LogP contribution in [-0.2, 0) is 16.0 Å². The fourth-order valence-electron chi connectivity index (χ4n) is 3.22. The number of hydrogen-bond acceptors (Lipinski definition) is 4. The summed E-state index contributed by atoms with van der Waals surface area (Å²) in [6.45, 7) is 2.98. The summed E-state index contributed by atoms with van der Waals surface area (Å²) in [5.74, 6) is -2.79. The third-order valence-electron chi connectivity index (χ3n) is 4.68. The summed E-state index contributed by atoms with van der Waals surface area (Å²) in [5.41, 5.74) is 1.49. The Hall–Kier alpha value is -3.68. The lowest BCUT2D eigenvalue weighted by molar-refractivity contribution is -0.141. The van der Waals surface area contributed by atoms with E-state index < -0.39 is 29.6 Å². The van der Waals surface area contributed by atoms with Crippen LogP contribution >= 0.6 is 0 Å². The standard InChI is InChI=1S/C21H19FN2O5/c1-11(21(28)29)23-19(26)10-16-12(2)24(18-7-6-15(25)9-17(16)18)20(27)13-4-3-5-14(22)8-13/h3-9,11,25H,10H2,1-2H3,(H,23,26)(H,28,29). The quantitative estimate of drug-likeness (QED) is 0.612. The van der Waals surface area contributed by atoms with Crippen molar-refractivity contribution in [1.29, 1.82) is 0 Å². The van der Waals surface area contributed by atoms with Gasteiger partial charge >= 0.3 is 5.97 Å². The van der Waals surface area contributed by atoms with Crippen molar-refractivity contribution < 1.29 is 29.0 Å². The van der Waals surface area contributed by atoms with Crippen LogP contribution in [0.4, 0.5) is 4.39 Å². The molecule has 0 saturated heterocycles. The van der Waals surface area contributed by atoms with Crippen LogP contribution in [0, 0.1) is 12.7 Å². The number of carboxylic acids is 1. The molecule has 1 heterocycles. The van der Waals surface area contributed by atoms with E-state index >= 15 is 0 Å². The lowest BCUT2D eigenvalue weighted by atomic mass is 10.1. The number of benzene rings is 2. The van der Waals surface area contributed by atoms with E-state index in [9.17, 15) is 23.9 Å². The Bertz CT molecular complexity index is 1140. The first kappa shape index (κ1) is 20.1. The van der Waals surface area contributed by atoms with Crippen molar-refractivity contribution >= 4 is 28.7 Å². The maximum Gasteiger partial charge on any atom is 0.325 e. The SMILES string of the molecule is Cc1c(CC(=O)NC(C)C(=O)O)c2cc(O)ccc2n1C(=O)c1cccc(F)c1. The molecule has 0 aliphatic carbocycles. The average molecular weight is 398 g/mol. The molecule has 1 atom stereocenters. The van der Waals surface area contributed by atoms with Crippen LogP contribution < -0.4 is 5.32 Å². The molecule has 29 heavy (non-hydrogen) atoms. The minimum absolute atomic E-state index is 0.0478. The number of halogens is 1. The third kappa shape index (κ3) is 3.96. The average Bonchev–Trinajstić information content (AvgIpc) is 2.92. The van der Waals surface area contributed by atoms with Crippen LogP contribution in [-0.4, -0.2) is 38.6 Å². The maximum atomic E-state index is 13.6. The van der Waals surface area contributed by atoms with E-state index in [1.165, 1.54) is 47.9 Å². The maximum absolute atomic E-state index is 13.6. The molecule has 1 amide bonds. The van der Waals surface area contributed by atoms with Gasteiger partial charge in [0.1, 0.15) is 17.6 Å². The van der Waals surface area contributed by atoms with E-state index in [2.05, 4.69) is 5.32 Å². The number of phenolic OH excluding ortho intramolecular Hbond substituents is 1. The summed E-state index contributed by atoms with van der Waals surface area (Å²) < 4.78 is 14.9. The molecule has 3 aromatic rings. The first-order valence-electron chi connectivity index (χ1n) is 8.84. The number of nitrogens with one attached hydrogen (secondary N) is 1. The van der Waals surface area contributed by atoms with Gasteiger partial charge in [0.25, 0.3) is 5.91 Å². The number of rotatable bonds is 5. The second kappa shape index (κ2) is 7.75. The monoisotopic (exact) mass is 398 g/mol. The van der Waals surface area contributed by atoms with Gasteiger partial charge in [-0.25, -0.2) is 4.39 Å². The molecule has 0 aliphatic rings. The molecule has 0 saturated carbocycles. The molecule has 0 radical (unpaired) electrons. The number of amides is 1. The number of carboxylic acid groups (broad SMARTS) is 1. The number of aromatic nitrogens is 1. The fraction of sp³-hybridized carbons (Fsp3) is 0.190. The number of phenols is 1. The van der Waals surface area contributed by atoms with Crippen LogP contribution in [0.1, 0.15) is 28.5 Å². The molecule has 3 rings (SSSR count). The van der Waals surface area contributed by atoms with Crippen LogP contribution in [0.2, 0.25) is 0 Å². The van der Waals surface area contributed by atoms with E-state index in [0.29, 0.717) is 22.2 Å². The number of aromatic hydroxyl groups is 1. The molecular weight excluding hydrogens is 379 g/mol. The minimum Gasteiger partial charge on any atom is -0.508 e. The highest BCUT2D eigenvalue weighted by atomic mass is 19.1. The number of hydrogen-bond donors (Lipinski definition) is 3. The third-order valence-corrected chi connectivity index (χ3v) is 4.68. The second-order valence-corrected chi connectivity index (χ2v) is 6.72. The van der Waals surface area contributed by atoms with E-state index in [4.69, 9.17) is 5.11 Å². The molecule has 1 aromatic heterocycles. The molecule has 3 N–H and O–H groups in total. The number of nitrogens with zero attached hydrogens (tertiary/aromatic N) is 1. The number of fused-ring (bicyclic) bond motifs is 1. The van der Waals surface area contributed by atoms with Crippen molar-refractivity contribution in [2.24, 2.45) is 0 Å². The Morgan fingerprint density at radius 2 is 1.90 bits per heavy atom. The van der Waals surface area contributed by atoms with Crippen molar-refractivity contribution in [3.8, 4) is 5.75 Å². The van der Waals surface area contributed by atoms with Crippen LogP contribution in [0.25, 0.3) is 10.9 Å². The first-order valence-corrected chi connectivity index (χ1v) is 8.84. The van der Waals surface area contributed by atoms with E-state index in [1.54, 1.807) is 6.92 Å². The predicted molar refractivity (Wildman–Crippen MR) is 103 cm³/mol. The Balaban J connectivity index is 2.08. The predicted octanol–water partition coefficient (Wildman–Crippen LogP) is 2.61. The van der Waals surface area contributed by atoms with Crippen molar-refractivity contribution in [2.75, 3.05) is 0 Å². The van der Waals surface area contributed by atoms with Gasteiger partial charge < -0.3 is 15.5 Å². The first-order chi connectivity index (χ1) is 13.7. The Labute approximate surface area is 165 Å². The molecule has 2 aromatic carbocycles. The Kier molecular flexibility index (Phi) is 5.36. The van der Waals surface area contributed by atoms with Gasteiger partial charge in [0.05, 0.1) is 11.9 Å². The summed E-state index contributed by atoms with van der Waals surface area (Å²) in [6, 6.07) is 8.57. The van der Waals surface area contributed by atoms with Gasteiger partial charge in [0.2, 0.25) is 5.91 Å². The zero-order chi connectivity index (χ0) is 21.3. The smallest absolute Gasteiger partial charge is 0.325 e. The summed E-state index contributed by atoms with van der Waals surface area (Å²) in [6.07, 6.45) is -0.188. The van der Waals surface area contributed by atoms with E-state index in [-0.39, 0.29) is 17.7 Å². The summed E-state index contributed by atoms with van der Waals surface area (Å²) in [4.78, 5) is 36.3. The van der Waals surface area contributed by atoms with Crippen LogP contribution in [0.3, 0.4) is 0 Å². The molecule has 0 bridgehead atoms. The van der Waals surface area contributed by atoms with Crippen molar-refractivity contribution in [3.63, 3.8) is 0 Å². The molecule has 0 spiro atoms. The van der Waals surface area contributed by atoms with Gasteiger partial charge in [-0.1, -0.05) is 6.07 Å². The highest BCUT2D eigenvalue weighted by molar-refractivity contribution is 6.05. The zero-order valence-corrected chi connectivity index (χ0v) is 15.8. The molecule has 150 valence electrons. The molecular formula is C21H19FN2O5. The Morgan fingerprint density at radius 3 is 2.55 bits per heavy atom. The van der Waals surface area contributed by atoms with Crippen molar-refractivity contribution in [2.45, 2.75) is 26.3 Å². The summed E-state index contributed by atoms with van der Waals surface area (Å²) in [5, 5.41) is 21.7. The number of carbonyl (C=O) groups is 3. The zero-order valence-electron chi connectivity index (χ0n) is 15.8. The van der Waals surface area contributed by atoms with Crippen LogP contribution in [0.5, 0.6) is 5.75 Å². The second-order valence-electron chi connectivity index (χ2n) is 6.72. The van der Waals surface area contributed by atoms with E-state index in [0.717, 1.165) is 6.07 Å². The molecule has 1 unspecified atom stereocenters. The largest absolute Gasteiger partial charge is 0.508 e. The normalized spacial score (nSPS) is 12.0. The molecule has 0 fully saturated rings. The lowest BCUT2D eigenvalue weighted by Gasteiger charge is -2.10. The Morgan fingerprint density at radius 1 is 1.17 bits per heavy atom. The van der Waals surface area contributed by atoms with Crippen LogP contribution in [0.15, 0.2) is 42.5 Å². The summed E-state index contributed by atoms with van der Waals surface area (Å²) in [7, 11) is 0. The number of carbonyl (C=O) groups excluding carboxylic acids is 2. The molecule has 7 nitrogen and oxygen atoms in total. The van der Waals surface area contributed by atoms with Gasteiger partial charge in [-0.3, -0.25) is 19.0 Å². The van der Waals surface area contributed by atoms with Gasteiger partial charge in [-0.2, -0.15) is 0 Å². The lowest BCUT2D eigenvalue weighted by Crippen LogP contribution is -2.39. The van der Waals surface area contributed by atoms with E-state index in [1.807, 2.05) is 0 Å².